The van der Waals surface area contributed by atoms with Gasteiger partial charge in [-0.25, -0.2) is 4.39 Å². The number of amides is 1. The van der Waals surface area contributed by atoms with Crippen LogP contribution in [0.5, 0.6) is 0 Å². The van der Waals surface area contributed by atoms with Crippen LogP contribution in [0.3, 0.4) is 0 Å². The molecule has 0 saturated heterocycles. The minimum absolute atomic E-state index is 0.109. The zero-order valence-electron chi connectivity index (χ0n) is 12.5. The Morgan fingerprint density at radius 2 is 1.82 bits per heavy atom. The van der Waals surface area contributed by atoms with Gasteiger partial charge in [-0.2, -0.15) is 0 Å². The molecule has 22 heavy (non-hydrogen) atoms. The van der Waals surface area contributed by atoms with Gasteiger partial charge in [0.25, 0.3) is 0 Å². The average Bonchev–Trinajstić information content (AvgIpc) is 2.97. The van der Waals surface area contributed by atoms with Gasteiger partial charge in [0.2, 0.25) is 5.91 Å². The number of hydrogen-bond donors (Lipinski definition) is 2. The Labute approximate surface area is 128 Å². The van der Waals surface area contributed by atoms with E-state index in [0.717, 1.165) is 18.4 Å². The van der Waals surface area contributed by atoms with Gasteiger partial charge in [0.15, 0.2) is 5.78 Å². The van der Waals surface area contributed by atoms with Crippen LogP contribution in [0.15, 0.2) is 36.2 Å². The fourth-order valence-electron chi connectivity index (χ4n) is 3.26. The molecule has 1 saturated carbocycles. The Morgan fingerprint density at radius 3 is 2.41 bits per heavy atom. The van der Waals surface area contributed by atoms with Crippen LogP contribution in [0.25, 0.3) is 0 Å². The molecule has 4 nitrogen and oxygen atoms in total. The number of nitrogens with one attached hydrogen (secondary N) is 2. The largest absolute Gasteiger partial charge is 0.365 e. The van der Waals surface area contributed by atoms with E-state index in [2.05, 4.69) is 10.6 Å². The molecule has 1 aromatic rings. The first-order valence-electron chi connectivity index (χ1n) is 7.61. The van der Waals surface area contributed by atoms with E-state index in [4.69, 9.17) is 0 Å². The van der Waals surface area contributed by atoms with E-state index in [1.165, 1.54) is 18.2 Å². The first kappa shape index (κ1) is 14.8. The molecule has 116 valence electrons. The van der Waals surface area contributed by atoms with Crippen LogP contribution < -0.4 is 10.6 Å². The maximum Gasteiger partial charge on any atom is 0.239 e. The second-order valence-corrected chi connectivity index (χ2v) is 6.08. The first-order valence-corrected chi connectivity index (χ1v) is 7.61. The molecule has 1 unspecified atom stereocenters. The third-order valence-corrected chi connectivity index (χ3v) is 4.63. The zero-order valence-corrected chi connectivity index (χ0v) is 12.5. The summed E-state index contributed by atoms with van der Waals surface area (Å²) in [5.74, 6) is -0.183. The molecule has 1 aliphatic carbocycles. The van der Waals surface area contributed by atoms with Crippen LogP contribution in [-0.2, 0) is 9.59 Å². The van der Waals surface area contributed by atoms with E-state index in [-0.39, 0.29) is 23.5 Å². The Morgan fingerprint density at radius 1 is 1.18 bits per heavy atom. The summed E-state index contributed by atoms with van der Waals surface area (Å²) in [6.45, 7) is 1.89. The second kappa shape index (κ2) is 5.55. The van der Waals surface area contributed by atoms with Crippen molar-refractivity contribution in [1.29, 1.82) is 0 Å². The molecular weight excluding hydrogens is 283 g/mol. The van der Waals surface area contributed by atoms with Gasteiger partial charge < -0.3 is 10.6 Å². The van der Waals surface area contributed by atoms with Crippen LogP contribution in [-0.4, -0.2) is 11.7 Å². The van der Waals surface area contributed by atoms with Crippen molar-refractivity contribution in [2.45, 2.75) is 38.6 Å². The van der Waals surface area contributed by atoms with Gasteiger partial charge in [-0.05, 0) is 37.5 Å². The van der Waals surface area contributed by atoms with Crippen LogP contribution in [0.1, 0.15) is 44.2 Å². The molecule has 1 aliphatic heterocycles. The quantitative estimate of drug-likeness (QED) is 0.844. The summed E-state index contributed by atoms with van der Waals surface area (Å²) in [7, 11) is 0. The molecule has 0 radical (unpaired) electrons. The summed E-state index contributed by atoms with van der Waals surface area (Å²) in [6.07, 6.45) is 4.60. The molecular formula is C17H19FN2O2. The average molecular weight is 302 g/mol. The highest BCUT2D eigenvalue weighted by Crippen LogP contribution is 2.41. The first-order chi connectivity index (χ1) is 10.5. The number of halogens is 1. The summed E-state index contributed by atoms with van der Waals surface area (Å²) >= 11 is 0. The monoisotopic (exact) mass is 302 g/mol. The maximum atomic E-state index is 12.9. The van der Waals surface area contributed by atoms with Crippen molar-refractivity contribution in [2.24, 2.45) is 5.41 Å². The lowest BCUT2D eigenvalue weighted by Gasteiger charge is -2.31. The number of ketones is 1. The Balaban J connectivity index is 1.75. The van der Waals surface area contributed by atoms with Crippen molar-refractivity contribution in [1.82, 2.24) is 10.6 Å². The van der Waals surface area contributed by atoms with Crippen molar-refractivity contribution in [3.05, 3.63) is 47.5 Å². The summed E-state index contributed by atoms with van der Waals surface area (Å²) in [5, 5.41) is 5.92. The number of hydrogen-bond acceptors (Lipinski definition) is 3. The molecule has 1 heterocycles. The van der Waals surface area contributed by atoms with E-state index in [0.29, 0.717) is 18.7 Å². The molecule has 1 atom stereocenters. The molecule has 1 amide bonds. The fraction of sp³-hybridized carbons (Fsp3) is 0.412. The molecule has 1 spiro atoms. The van der Waals surface area contributed by atoms with Crippen LogP contribution in [0.2, 0.25) is 0 Å². The van der Waals surface area contributed by atoms with Gasteiger partial charge >= 0.3 is 0 Å². The van der Waals surface area contributed by atoms with Gasteiger partial charge in [-0.15, -0.1) is 0 Å². The summed E-state index contributed by atoms with van der Waals surface area (Å²) in [6, 6.07) is 5.99. The number of allylic oxidation sites excluding steroid dienone is 1. The van der Waals surface area contributed by atoms with Gasteiger partial charge in [0.05, 0.1) is 0 Å². The normalized spacial score (nSPS) is 21.5. The molecule has 1 fully saturated rings. The van der Waals surface area contributed by atoms with E-state index in [9.17, 15) is 14.0 Å². The minimum atomic E-state index is -0.843. The van der Waals surface area contributed by atoms with Gasteiger partial charge in [0.1, 0.15) is 17.1 Å². The molecule has 5 heteroatoms. The highest BCUT2D eigenvalue weighted by Gasteiger charge is 2.49. The molecule has 0 aromatic heterocycles. The highest BCUT2D eigenvalue weighted by molar-refractivity contribution is 6.14. The number of benzene rings is 1. The van der Waals surface area contributed by atoms with E-state index in [1.54, 1.807) is 12.1 Å². The highest BCUT2D eigenvalue weighted by atomic mass is 19.1. The summed E-state index contributed by atoms with van der Waals surface area (Å²) in [5.41, 5.74) is 0.0368. The van der Waals surface area contributed by atoms with Crippen molar-refractivity contribution in [3.8, 4) is 0 Å². The van der Waals surface area contributed by atoms with E-state index < -0.39 is 5.41 Å². The van der Waals surface area contributed by atoms with Crippen molar-refractivity contribution >= 4 is 11.7 Å². The number of carbonyl (C=O) groups excluding carboxylic acids is 2. The predicted octanol–water partition coefficient (Wildman–Crippen LogP) is 2.58. The summed E-state index contributed by atoms with van der Waals surface area (Å²) in [4.78, 5) is 24.7. The lowest BCUT2D eigenvalue weighted by molar-refractivity contribution is -0.140. The fourth-order valence-corrected chi connectivity index (χ4v) is 3.26. The number of carbonyl (C=O) groups is 2. The standard InChI is InChI=1S/C17H19FN2O2/c1-11(12-4-6-13(18)7-5-12)19-15-10-14(21)17(16(22)20-15)8-2-3-9-17/h4-7,10-11,19H,2-3,8-9H2,1H3,(H,20,22). The molecule has 2 N–H and O–H groups in total. The second-order valence-electron chi connectivity index (χ2n) is 6.08. The summed E-state index contributed by atoms with van der Waals surface area (Å²) < 4.78 is 12.9. The Bertz CT molecular complexity index is 631. The van der Waals surface area contributed by atoms with Gasteiger partial charge in [0, 0.05) is 12.1 Å². The lowest BCUT2D eigenvalue weighted by atomic mass is 9.79. The predicted molar refractivity (Wildman–Crippen MR) is 80.1 cm³/mol. The van der Waals surface area contributed by atoms with Crippen molar-refractivity contribution < 1.29 is 14.0 Å². The van der Waals surface area contributed by atoms with Gasteiger partial charge in [-0.1, -0.05) is 25.0 Å². The Kier molecular flexibility index (Phi) is 3.72. The lowest BCUT2D eigenvalue weighted by Crippen LogP contribution is -2.50. The molecule has 2 aliphatic rings. The minimum Gasteiger partial charge on any atom is -0.365 e. The van der Waals surface area contributed by atoms with Crippen LogP contribution >= 0.6 is 0 Å². The van der Waals surface area contributed by atoms with E-state index in [1.807, 2.05) is 6.92 Å². The molecule has 1 aromatic carbocycles. The zero-order chi connectivity index (χ0) is 15.7. The SMILES string of the molecule is CC(NC1=CC(=O)C2(CCCC2)C(=O)N1)c1ccc(F)cc1. The topological polar surface area (TPSA) is 58.2 Å². The third-order valence-electron chi connectivity index (χ3n) is 4.63. The Hall–Kier alpha value is -2.17. The number of rotatable bonds is 3. The third kappa shape index (κ3) is 2.51. The van der Waals surface area contributed by atoms with Crippen molar-refractivity contribution in [2.75, 3.05) is 0 Å². The van der Waals surface area contributed by atoms with Crippen LogP contribution in [0, 0.1) is 11.2 Å². The van der Waals surface area contributed by atoms with Crippen LogP contribution in [0.4, 0.5) is 4.39 Å². The van der Waals surface area contributed by atoms with E-state index >= 15 is 0 Å². The molecule has 0 bridgehead atoms. The maximum absolute atomic E-state index is 12.9. The van der Waals surface area contributed by atoms with Crippen molar-refractivity contribution in [3.63, 3.8) is 0 Å². The smallest absolute Gasteiger partial charge is 0.239 e. The van der Waals surface area contributed by atoms with Gasteiger partial charge in [-0.3, -0.25) is 9.59 Å². The molecule has 3 rings (SSSR count).